The topological polar surface area (TPSA) is 61.4 Å². The minimum absolute atomic E-state index is 0.0588. The lowest BCUT2D eigenvalue weighted by atomic mass is 10.2. The van der Waals surface area contributed by atoms with Crippen molar-refractivity contribution >= 4 is 18.2 Å². The second kappa shape index (κ2) is 11.8. The van der Waals surface area contributed by atoms with Crippen LogP contribution >= 0.6 is 11.8 Å². The van der Waals surface area contributed by atoms with Crippen molar-refractivity contribution < 1.29 is 9.90 Å². The molecule has 0 unspecified atom stereocenters. The van der Waals surface area contributed by atoms with Crippen LogP contribution in [0.5, 0.6) is 0 Å². The van der Waals surface area contributed by atoms with E-state index in [9.17, 15) is 9.90 Å². The van der Waals surface area contributed by atoms with Gasteiger partial charge < -0.3 is 15.7 Å². The van der Waals surface area contributed by atoms with Crippen molar-refractivity contribution in [3.05, 3.63) is 34.9 Å². The number of allylic oxidation sites excluding steroid dienone is 3. The van der Waals surface area contributed by atoms with Crippen LogP contribution in [0.15, 0.2) is 34.9 Å². The summed E-state index contributed by atoms with van der Waals surface area (Å²) in [5.74, 6) is 0. The van der Waals surface area contributed by atoms with E-state index in [1.165, 1.54) is 11.8 Å². The van der Waals surface area contributed by atoms with E-state index in [4.69, 9.17) is 0 Å². The maximum absolute atomic E-state index is 10.6. The monoisotopic (exact) mass is 300 g/mol. The molecule has 116 valence electrons. The minimum Gasteiger partial charge on any atom is -0.395 e. The fraction of sp³-hybridized carbons (Fsp3) is 0.533. The van der Waals surface area contributed by atoms with Crippen molar-refractivity contribution in [2.24, 2.45) is 0 Å². The van der Waals surface area contributed by atoms with Gasteiger partial charge in [-0.15, -0.1) is 11.8 Å². The Morgan fingerprint density at radius 1 is 1.40 bits per heavy atom. The highest BCUT2D eigenvalue weighted by Crippen LogP contribution is 2.34. The molecule has 0 saturated carbocycles. The summed E-state index contributed by atoms with van der Waals surface area (Å²) >= 11 is 1.51. The molecule has 0 aliphatic carbocycles. The van der Waals surface area contributed by atoms with Gasteiger partial charge in [-0.2, -0.15) is 0 Å². The Hall–Kier alpha value is -1.04. The zero-order valence-electron chi connectivity index (χ0n) is 13.4. The lowest BCUT2D eigenvalue weighted by Gasteiger charge is -2.23. The average molecular weight is 300 g/mol. The Morgan fingerprint density at radius 3 is 2.20 bits per heavy atom. The molecule has 4 nitrogen and oxygen atoms in total. The summed E-state index contributed by atoms with van der Waals surface area (Å²) in [6.45, 7) is 11.5. The predicted octanol–water partition coefficient (Wildman–Crippen LogP) is 2.44. The summed E-state index contributed by atoms with van der Waals surface area (Å²) in [4.78, 5) is 11.5. The smallest absolute Gasteiger partial charge is 0.211 e. The zero-order valence-corrected chi connectivity index (χ0v) is 14.2. The molecule has 5 heteroatoms. The quantitative estimate of drug-likeness (QED) is 0.499. The molecular weight excluding hydrogens is 272 g/mol. The van der Waals surface area contributed by atoms with Gasteiger partial charge in [0, 0.05) is 9.65 Å². The Labute approximate surface area is 127 Å². The largest absolute Gasteiger partial charge is 0.395 e. The highest BCUT2D eigenvalue weighted by atomic mass is 32.2. The number of carbonyl (C=O) groups excluding carboxylic acids is 1. The summed E-state index contributed by atoms with van der Waals surface area (Å²) in [5.41, 5.74) is 1.48. The van der Waals surface area contributed by atoms with Gasteiger partial charge >= 0.3 is 0 Å². The molecule has 0 atom stereocenters. The van der Waals surface area contributed by atoms with Gasteiger partial charge in [0.05, 0.1) is 12.3 Å². The van der Waals surface area contributed by atoms with Crippen LogP contribution < -0.4 is 10.6 Å². The molecule has 1 amide bonds. The van der Waals surface area contributed by atoms with Crippen LogP contribution in [0.3, 0.4) is 0 Å². The molecule has 0 aromatic heterocycles. The molecule has 0 aromatic carbocycles. The number of aliphatic hydroxyl groups is 1. The van der Waals surface area contributed by atoms with Crippen LogP contribution in [0.25, 0.3) is 0 Å². The molecule has 0 radical (unpaired) electrons. The van der Waals surface area contributed by atoms with E-state index in [0.717, 1.165) is 10.5 Å². The van der Waals surface area contributed by atoms with Crippen LogP contribution in [0.4, 0.5) is 0 Å². The molecule has 0 spiro atoms. The minimum atomic E-state index is -0.305. The third-order valence-electron chi connectivity index (χ3n) is 1.96. The summed E-state index contributed by atoms with van der Waals surface area (Å²) in [6, 6.07) is 0. The SMILES string of the molecule is C=C(C)/C(NC=O)=C(\C=C/C)SC(C)(C)CO.CNC. The molecule has 0 aromatic rings. The van der Waals surface area contributed by atoms with E-state index in [0.29, 0.717) is 12.1 Å². The van der Waals surface area contributed by atoms with E-state index in [1.54, 1.807) is 0 Å². The first-order valence-electron chi connectivity index (χ1n) is 6.41. The third kappa shape index (κ3) is 9.83. The molecular formula is C15H28N2O2S. The molecule has 20 heavy (non-hydrogen) atoms. The van der Waals surface area contributed by atoms with Gasteiger partial charge in [0.2, 0.25) is 6.41 Å². The summed E-state index contributed by atoms with van der Waals surface area (Å²) in [7, 11) is 3.75. The van der Waals surface area contributed by atoms with Gasteiger partial charge in [0.1, 0.15) is 0 Å². The maximum Gasteiger partial charge on any atom is 0.211 e. The number of rotatable bonds is 7. The maximum atomic E-state index is 10.6. The van der Waals surface area contributed by atoms with Crippen molar-refractivity contribution in [3.63, 3.8) is 0 Å². The number of aliphatic hydroxyl groups excluding tert-OH is 1. The van der Waals surface area contributed by atoms with Crippen molar-refractivity contribution in [2.45, 2.75) is 32.4 Å². The highest BCUT2D eigenvalue weighted by Gasteiger charge is 2.20. The lowest BCUT2D eigenvalue weighted by Crippen LogP contribution is -2.21. The van der Waals surface area contributed by atoms with E-state index >= 15 is 0 Å². The Morgan fingerprint density at radius 2 is 1.90 bits per heavy atom. The summed E-state index contributed by atoms with van der Waals surface area (Å²) in [5, 5.41) is 14.7. The first-order chi connectivity index (χ1) is 9.29. The van der Waals surface area contributed by atoms with Gasteiger partial charge in [-0.3, -0.25) is 4.79 Å². The fourth-order valence-electron chi connectivity index (χ4n) is 1.11. The molecule has 0 heterocycles. The Bertz CT molecular complexity index is 361. The van der Waals surface area contributed by atoms with Crippen molar-refractivity contribution in [1.29, 1.82) is 0 Å². The number of hydrogen-bond acceptors (Lipinski definition) is 4. The lowest BCUT2D eigenvalue weighted by molar-refractivity contribution is -0.108. The third-order valence-corrected chi connectivity index (χ3v) is 3.20. The van der Waals surface area contributed by atoms with Crippen molar-refractivity contribution in [1.82, 2.24) is 10.6 Å². The number of nitrogens with one attached hydrogen (secondary N) is 2. The molecule has 0 saturated heterocycles. The summed E-state index contributed by atoms with van der Waals surface area (Å²) < 4.78 is -0.305. The first kappa shape index (κ1) is 21.3. The van der Waals surface area contributed by atoms with Gasteiger partial charge in [-0.1, -0.05) is 18.7 Å². The van der Waals surface area contributed by atoms with Gasteiger partial charge in [-0.25, -0.2) is 0 Å². The van der Waals surface area contributed by atoms with Crippen LogP contribution in [0, 0.1) is 0 Å². The normalized spacial score (nSPS) is 12.3. The standard InChI is InChI=1S/C13H21NO2S.C2H7N/c1-6-7-11(17-13(4,5)8-15)12(10(2)3)14-9-16;1-3-2/h6-7,9,15H,2,8H2,1,3-5H3,(H,14,16);3H,1-2H3/b7-6-,12-11-;. The van der Waals surface area contributed by atoms with Gasteiger partial charge in [0.15, 0.2) is 0 Å². The Balaban J connectivity index is 0. The highest BCUT2D eigenvalue weighted by molar-refractivity contribution is 8.04. The van der Waals surface area contributed by atoms with Gasteiger partial charge in [0.25, 0.3) is 0 Å². The molecule has 0 aliphatic heterocycles. The number of carbonyl (C=O) groups is 1. The molecule has 0 fully saturated rings. The Kier molecular flexibility index (Phi) is 12.5. The van der Waals surface area contributed by atoms with Crippen LogP contribution in [0.2, 0.25) is 0 Å². The van der Waals surface area contributed by atoms with E-state index < -0.39 is 0 Å². The van der Waals surface area contributed by atoms with E-state index in [-0.39, 0.29) is 11.4 Å². The summed E-state index contributed by atoms with van der Waals surface area (Å²) in [6.07, 6.45) is 4.44. The van der Waals surface area contributed by atoms with Gasteiger partial charge in [-0.05, 0) is 47.4 Å². The molecule has 3 N–H and O–H groups in total. The van der Waals surface area contributed by atoms with Crippen molar-refractivity contribution in [3.8, 4) is 0 Å². The second-order valence-electron chi connectivity index (χ2n) is 4.80. The molecule has 0 bridgehead atoms. The predicted molar refractivity (Wildman–Crippen MR) is 89.6 cm³/mol. The average Bonchev–Trinajstić information content (AvgIpc) is 2.36. The zero-order chi connectivity index (χ0) is 16.2. The van der Waals surface area contributed by atoms with E-state index in [1.807, 2.05) is 53.9 Å². The van der Waals surface area contributed by atoms with E-state index in [2.05, 4.69) is 17.2 Å². The second-order valence-corrected chi connectivity index (χ2v) is 6.55. The first-order valence-corrected chi connectivity index (χ1v) is 7.22. The number of thioether (sulfide) groups is 1. The van der Waals surface area contributed by atoms with Crippen LogP contribution in [0.1, 0.15) is 27.7 Å². The molecule has 0 aliphatic rings. The fourth-order valence-corrected chi connectivity index (χ4v) is 2.31. The number of amides is 1. The molecule has 0 rings (SSSR count). The number of hydrogen-bond donors (Lipinski definition) is 3. The van der Waals surface area contributed by atoms with Crippen LogP contribution in [-0.4, -0.2) is 37.0 Å². The van der Waals surface area contributed by atoms with Crippen molar-refractivity contribution in [2.75, 3.05) is 20.7 Å². The van der Waals surface area contributed by atoms with Crippen LogP contribution in [-0.2, 0) is 4.79 Å².